The molecular formula is C24H30N4O2. The van der Waals surface area contributed by atoms with Gasteiger partial charge >= 0.3 is 6.03 Å². The van der Waals surface area contributed by atoms with Crippen molar-refractivity contribution in [2.45, 2.75) is 33.7 Å². The molecule has 0 saturated carbocycles. The highest BCUT2D eigenvalue weighted by atomic mass is 16.5. The number of benzene rings is 2. The fraction of sp³-hybridized carbons (Fsp3) is 0.417. The molecule has 0 aliphatic carbocycles. The van der Waals surface area contributed by atoms with Gasteiger partial charge in [0.05, 0.1) is 24.2 Å². The van der Waals surface area contributed by atoms with Gasteiger partial charge in [0.25, 0.3) is 0 Å². The van der Waals surface area contributed by atoms with Crippen LogP contribution >= 0.6 is 0 Å². The Kier molecular flexibility index (Phi) is 6.04. The molecule has 0 unspecified atom stereocenters. The molecule has 1 N–H and O–H groups in total. The summed E-state index contributed by atoms with van der Waals surface area (Å²) in [5, 5.41) is 0. The number of carbonyl (C=O) groups excluding carboxylic acids is 1. The van der Waals surface area contributed by atoms with Crippen LogP contribution in [-0.4, -0.2) is 58.6 Å². The Labute approximate surface area is 177 Å². The van der Waals surface area contributed by atoms with Gasteiger partial charge in [0.2, 0.25) is 0 Å². The van der Waals surface area contributed by atoms with E-state index in [0.29, 0.717) is 32.8 Å². The molecule has 6 nitrogen and oxygen atoms in total. The first-order chi connectivity index (χ1) is 14.5. The number of aromatic amines is 1. The van der Waals surface area contributed by atoms with Gasteiger partial charge < -0.3 is 19.5 Å². The fourth-order valence-electron chi connectivity index (χ4n) is 4.01. The minimum Gasteiger partial charge on any atom is -0.378 e. The van der Waals surface area contributed by atoms with Crippen LogP contribution in [0.25, 0.3) is 22.2 Å². The van der Waals surface area contributed by atoms with Gasteiger partial charge in [-0.25, -0.2) is 9.78 Å². The molecule has 1 aromatic heterocycles. The Morgan fingerprint density at radius 2 is 1.87 bits per heavy atom. The minimum absolute atomic E-state index is 0.110. The molecule has 0 spiro atoms. The zero-order valence-electron chi connectivity index (χ0n) is 18.1. The number of nitrogens with one attached hydrogen (secondary N) is 1. The van der Waals surface area contributed by atoms with Crippen LogP contribution < -0.4 is 0 Å². The molecule has 4 rings (SSSR count). The molecule has 1 fully saturated rings. The summed E-state index contributed by atoms with van der Waals surface area (Å²) in [7, 11) is 0. The van der Waals surface area contributed by atoms with E-state index in [1.165, 1.54) is 11.1 Å². The van der Waals surface area contributed by atoms with Crippen molar-refractivity contribution in [1.82, 2.24) is 19.8 Å². The number of nitrogens with zero attached hydrogens (tertiary/aromatic N) is 3. The van der Waals surface area contributed by atoms with E-state index in [1.807, 2.05) is 16.7 Å². The Hall–Kier alpha value is -2.86. The van der Waals surface area contributed by atoms with Crippen molar-refractivity contribution < 1.29 is 9.53 Å². The van der Waals surface area contributed by atoms with E-state index in [-0.39, 0.29) is 6.03 Å². The van der Waals surface area contributed by atoms with Crippen molar-refractivity contribution in [3.05, 3.63) is 53.3 Å². The van der Waals surface area contributed by atoms with Crippen LogP contribution in [0.15, 0.2) is 36.4 Å². The van der Waals surface area contributed by atoms with Gasteiger partial charge in [-0.15, -0.1) is 0 Å². The lowest BCUT2D eigenvalue weighted by Crippen LogP contribution is -2.48. The van der Waals surface area contributed by atoms with Crippen LogP contribution in [-0.2, 0) is 11.3 Å². The van der Waals surface area contributed by atoms with Crippen molar-refractivity contribution in [2.75, 3.05) is 32.8 Å². The van der Waals surface area contributed by atoms with E-state index >= 15 is 0 Å². The number of amides is 2. The fourth-order valence-corrected chi connectivity index (χ4v) is 4.01. The zero-order valence-corrected chi connectivity index (χ0v) is 18.1. The minimum atomic E-state index is 0.110. The molecule has 1 aliphatic rings. The molecule has 158 valence electrons. The van der Waals surface area contributed by atoms with E-state index < -0.39 is 0 Å². The second kappa shape index (κ2) is 8.88. The van der Waals surface area contributed by atoms with Crippen LogP contribution in [0.5, 0.6) is 0 Å². The maximum Gasteiger partial charge on any atom is 0.320 e. The van der Waals surface area contributed by atoms with Crippen molar-refractivity contribution in [3.8, 4) is 11.1 Å². The normalized spacial score (nSPS) is 14.3. The summed E-state index contributed by atoms with van der Waals surface area (Å²) in [5.41, 5.74) is 6.71. The van der Waals surface area contributed by atoms with Crippen molar-refractivity contribution >= 4 is 17.1 Å². The molecule has 30 heavy (non-hydrogen) atoms. The lowest BCUT2D eigenvalue weighted by molar-refractivity contribution is 0.0426. The average Bonchev–Trinajstić information content (AvgIpc) is 3.14. The van der Waals surface area contributed by atoms with Crippen LogP contribution in [0.1, 0.15) is 30.3 Å². The highest BCUT2D eigenvalue weighted by Gasteiger charge is 2.23. The van der Waals surface area contributed by atoms with Gasteiger partial charge in [-0.2, -0.15) is 0 Å². The summed E-state index contributed by atoms with van der Waals surface area (Å²) < 4.78 is 5.40. The number of morpholine rings is 1. The number of imidazole rings is 1. The van der Waals surface area contributed by atoms with Gasteiger partial charge in [0, 0.05) is 26.2 Å². The first-order valence-corrected chi connectivity index (χ1v) is 10.7. The maximum absolute atomic E-state index is 13.1. The van der Waals surface area contributed by atoms with Crippen LogP contribution in [0, 0.1) is 13.8 Å². The lowest BCUT2D eigenvalue weighted by Gasteiger charge is -2.33. The third kappa shape index (κ3) is 4.33. The van der Waals surface area contributed by atoms with Crippen LogP contribution in [0.4, 0.5) is 4.79 Å². The van der Waals surface area contributed by atoms with Gasteiger partial charge in [0.15, 0.2) is 0 Å². The zero-order chi connectivity index (χ0) is 21.1. The number of urea groups is 1. The molecule has 0 atom stereocenters. The monoisotopic (exact) mass is 406 g/mol. The van der Waals surface area contributed by atoms with Crippen molar-refractivity contribution in [2.24, 2.45) is 0 Å². The molecule has 2 amide bonds. The number of H-pyrrole nitrogens is 1. The largest absolute Gasteiger partial charge is 0.378 e. The average molecular weight is 407 g/mol. The molecule has 2 heterocycles. The van der Waals surface area contributed by atoms with Crippen molar-refractivity contribution in [3.63, 3.8) is 0 Å². The number of hydrogen-bond acceptors (Lipinski definition) is 3. The standard InChI is InChI=1S/C24H30N4O2/c1-4-9-28(24(29)27-10-12-30-13-11-27)16-21-14-19(6-5-17(21)2)20-7-8-22-23(15-20)26-18(3)25-22/h5-8,14-15H,4,9-13,16H2,1-3H3,(H,25,26). The molecule has 1 aliphatic heterocycles. The van der Waals surface area contributed by atoms with E-state index in [1.54, 1.807) is 0 Å². The third-order valence-corrected chi connectivity index (χ3v) is 5.69. The Morgan fingerprint density at radius 1 is 1.13 bits per heavy atom. The van der Waals surface area contributed by atoms with E-state index in [0.717, 1.165) is 41.0 Å². The summed E-state index contributed by atoms with van der Waals surface area (Å²) in [6.07, 6.45) is 0.935. The lowest BCUT2D eigenvalue weighted by atomic mass is 9.99. The summed E-state index contributed by atoms with van der Waals surface area (Å²) in [5.74, 6) is 0.920. The summed E-state index contributed by atoms with van der Waals surface area (Å²) >= 11 is 0. The van der Waals surface area contributed by atoms with Gasteiger partial charge in [-0.1, -0.05) is 25.1 Å². The molecule has 1 saturated heterocycles. The molecule has 0 bridgehead atoms. The molecular weight excluding hydrogens is 376 g/mol. The molecule has 2 aromatic carbocycles. The van der Waals surface area contributed by atoms with E-state index in [2.05, 4.69) is 60.2 Å². The predicted octanol–water partition coefficient (Wildman–Crippen LogP) is 4.51. The summed E-state index contributed by atoms with van der Waals surface area (Å²) in [4.78, 5) is 24.8. The highest BCUT2D eigenvalue weighted by Crippen LogP contribution is 2.26. The first kappa shape index (κ1) is 20.4. The SMILES string of the molecule is CCCN(Cc1cc(-c2ccc3nc(C)[nH]c3c2)ccc1C)C(=O)N1CCOCC1. The Balaban J connectivity index is 1.59. The van der Waals surface area contributed by atoms with Gasteiger partial charge in [-0.3, -0.25) is 0 Å². The van der Waals surface area contributed by atoms with Crippen molar-refractivity contribution in [1.29, 1.82) is 0 Å². The van der Waals surface area contributed by atoms with Crippen LogP contribution in [0.3, 0.4) is 0 Å². The number of fused-ring (bicyclic) bond motifs is 1. The smallest absolute Gasteiger partial charge is 0.320 e. The maximum atomic E-state index is 13.1. The quantitative estimate of drug-likeness (QED) is 0.678. The molecule has 3 aromatic rings. The first-order valence-electron chi connectivity index (χ1n) is 10.7. The number of aromatic nitrogens is 2. The number of carbonyl (C=O) groups is 1. The third-order valence-electron chi connectivity index (χ3n) is 5.69. The van der Waals surface area contributed by atoms with E-state index in [9.17, 15) is 4.79 Å². The highest BCUT2D eigenvalue weighted by molar-refractivity contribution is 5.82. The van der Waals surface area contributed by atoms with Gasteiger partial charge in [-0.05, 0) is 60.7 Å². The second-order valence-corrected chi connectivity index (χ2v) is 8.00. The Morgan fingerprint density at radius 3 is 2.63 bits per heavy atom. The van der Waals surface area contributed by atoms with Gasteiger partial charge in [0.1, 0.15) is 5.82 Å². The second-order valence-electron chi connectivity index (χ2n) is 8.00. The summed E-state index contributed by atoms with van der Waals surface area (Å²) in [6.45, 7) is 10.1. The summed E-state index contributed by atoms with van der Waals surface area (Å²) in [6, 6.07) is 12.9. The van der Waals surface area contributed by atoms with Crippen LogP contribution in [0.2, 0.25) is 0 Å². The topological polar surface area (TPSA) is 61.5 Å². The van der Waals surface area contributed by atoms with E-state index in [4.69, 9.17) is 4.74 Å². The number of hydrogen-bond donors (Lipinski definition) is 1. The molecule has 6 heteroatoms. The predicted molar refractivity (Wildman–Crippen MR) is 119 cm³/mol. The Bertz CT molecular complexity index is 1040. The molecule has 0 radical (unpaired) electrons. The number of rotatable bonds is 5. The number of aryl methyl sites for hydroxylation is 2. The number of ether oxygens (including phenoxy) is 1.